The molecule has 2 rings (SSSR count). The molecule has 2 aromatic carbocycles. The van der Waals surface area contributed by atoms with Crippen LogP contribution >= 0.6 is 11.8 Å². The van der Waals surface area contributed by atoms with Crippen LogP contribution in [0.15, 0.2) is 53.4 Å². The van der Waals surface area contributed by atoms with E-state index in [2.05, 4.69) is 43.3 Å². The minimum atomic E-state index is -0.00771. The summed E-state index contributed by atoms with van der Waals surface area (Å²) in [5, 5.41) is 0. The largest absolute Gasteiger partial charge is 0.492 e. The lowest BCUT2D eigenvalue weighted by Crippen LogP contribution is -2.09. The first-order chi connectivity index (χ1) is 9.66. The van der Waals surface area contributed by atoms with Gasteiger partial charge in [0.1, 0.15) is 5.75 Å². The zero-order valence-corrected chi connectivity index (χ0v) is 12.8. The molecule has 0 aliphatic rings. The van der Waals surface area contributed by atoms with E-state index in [1.54, 1.807) is 11.8 Å². The summed E-state index contributed by atoms with van der Waals surface area (Å²) in [6.07, 6.45) is 0. The number of ether oxygens (including phenoxy) is 1. The topological polar surface area (TPSA) is 35.2 Å². The molecule has 0 bridgehead atoms. The Hall–Kier alpha value is -1.45. The normalized spacial score (nSPS) is 12.2. The molecule has 0 saturated heterocycles. The molecular weight excluding hydrogens is 266 g/mol. The highest BCUT2D eigenvalue weighted by Crippen LogP contribution is 2.25. The van der Waals surface area contributed by atoms with Crippen LogP contribution in [-0.4, -0.2) is 12.4 Å². The Labute approximate surface area is 125 Å². The Kier molecular flexibility index (Phi) is 5.50. The molecule has 0 amide bonds. The predicted octanol–water partition coefficient (Wildman–Crippen LogP) is 4.19. The summed E-state index contributed by atoms with van der Waals surface area (Å²) in [5.41, 5.74) is 8.28. The van der Waals surface area contributed by atoms with Crippen LogP contribution in [0.2, 0.25) is 0 Å². The fourth-order valence-corrected chi connectivity index (χ4v) is 2.73. The lowest BCUT2D eigenvalue weighted by Gasteiger charge is -2.14. The van der Waals surface area contributed by atoms with Crippen molar-refractivity contribution in [2.24, 2.45) is 5.73 Å². The van der Waals surface area contributed by atoms with Crippen molar-refractivity contribution in [1.82, 2.24) is 0 Å². The second-order valence-corrected chi connectivity index (χ2v) is 6.01. The Bertz CT molecular complexity index is 540. The van der Waals surface area contributed by atoms with Crippen LogP contribution in [0.5, 0.6) is 5.75 Å². The molecule has 3 heteroatoms. The number of benzene rings is 2. The Morgan fingerprint density at radius 1 is 1.15 bits per heavy atom. The molecule has 0 fully saturated rings. The third-order valence-electron chi connectivity index (χ3n) is 3.01. The minimum Gasteiger partial charge on any atom is -0.492 e. The van der Waals surface area contributed by atoms with E-state index in [4.69, 9.17) is 10.5 Å². The number of hydrogen-bond acceptors (Lipinski definition) is 3. The fourth-order valence-electron chi connectivity index (χ4n) is 1.98. The zero-order valence-electron chi connectivity index (χ0n) is 12.0. The van der Waals surface area contributed by atoms with Crippen LogP contribution in [0.3, 0.4) is 0 Å². The number of nitrogens with two attached hydrogens (primary N) is 1. The summed E-state index contributed by atoms with van der Waals surface area (Å²) in [5.74, 6) is 1.83. The van der Waals surface area contributed by atoms with Crippen molar-refractivity contribution in [3.8, 4) is 5.75 Å². The monoisotopic (exact) mass is 287 g/mol. The molecular formula is C17H21NOS. The molecule has 106 valence electrons. The molecule has 1 unspecified atom stereocenters. The van der Waals surface area contributed by atoms with E-state index in [-0.39, 0.29) is 6.04 Å². The lowest BCUT2D eigenvalue weighted by atomic mass is 10.1. The number of rotatable bonds is 6. The average Bonchev–Trinajstić information content (AvgIpc) is 2.45. The van der Waals surface area contributed by atoms with Gasteiger partial charge in [0, 0.05) is 22.3 Å². The molecule has 20 heavy (non-hydrogen) atoms. The third-order valence-corrected chi connectivity index (χ3v) is 3.98. The maximum absolute atomic E-state index is 5.99. The van der Waals surface area contributed by atoms with Gasteiger partial charge in [-0.05, 0) is 32.0 Å². The van der Waals surface area contributed by atoms with Crippen molar-refractivity contribution in [2.75, 3.05) is 12.4 Å². The van der Waals surface area contributed by atoms with Gasteiger partial charge in [0.15, 0.2) is 0 Å². The summed E-state index contributed by atoms with van der Waals surface area (Å²) in [7, 11) is 0. The van der Waals surface area contributed by atoms with Crippen LogP contribution in [0.1, 0.15) is 24.1 Å². The Morgan fingerprint density at radius 2 is 1.90 bits per heavy atom. The van der Waals surface area contributed by atoms with E-state index in [1.165, 1.54) is 10.5 Å². The van der Waals surface area contributed by atoms with Crippen LogP contribution in [0.25, 0.3) is 0 Å². The van der Waals surface area contributed by atoms with Crippen molar-refractivity contribution in [1.29, 1.82) is 0 Å². The standard InChI is InChI=1S/C17H21NOS/c1-13-8-9-17(16(12-13)14(2)18)19-10-11-20-15-6-4-3-5-7-15/h3-9,12,14H,10-11,18H2,1-2H3. The highest BCUT2D eigenvalue weighted by atomic mass is 32.2. The number of hydrogen-bond donors (Lipinski definition) is 1. The van der Waals surface area contributed by atoms with E-state index in [9.17, 15) is 0 Å². The van der Waals surface area contributed by atoms with Crippen molar-refractivity contribution in [3.63, 3.8) is 0 Å². The molecule has 0 spiro atoms. The van der Waals surface area contributed by atoms with Gasteiger partial charge in [-0.2, -0.15) is 0 Å². The number of aryl methyl sites for hydroxylation is 1. The highest BCUT2D eigenvalue weighted by Gasteiger charge is 2.08. The molecule has 0 radical (unpaired) electrons. The van der Waals surface area contributed by atoms with E-state index in [0.717, 1.165) is 17.1 Å². The second kappa shape index (κ2) is 7.36. The van der Waals surface area contributed by atoms with Crippen molar-refractivity contribution in [3.05, 3.63) is 59.7 Å². The van der Waals surface area contributed by atoms with Crippen LogP contribution in [-0.2, 0) is 0 Å². The molecule has 0 aliphatic carbocycles. The van der Waals surface area contributed by atoms with E-state index < -0.39 is 0 Å². The number of thioether (sulfide) groups is 1. The van der Waals surface area contributed by atoms with Gasteiger partial charge in [0.25, 0.3) is 0 Å². The highest BCUT2D eigenvalue weighted by molar-refractivity contribution is 7.99. The van der Waals surface area contributed by atoms with Gasteiger partial charge in [-0.1, -0.05) is 35.9 Å². The van der Waals surface area contributed by atoms with Crippen molar-refractivity contribution in [2.45, 2.75) is 24.8 Å². The molecule has 2 N–H and O–H groups in total. The molecule has 1 atom stereocenters. The van der Waals surface area contributed by atoms with Crippen molar-refractivity contribution < 1.29 is 4.74 Å². The van der Waals surface area contributed by atoms with Crippen molar-refractivity contribution >= 4 is 11.8 Å². The summed E-state index contributed by atoms with van der Waals surface area (Å²) < 4.78 is 5.87. The lowest BCUT2D eigenvalue weighted by molar-refractivity contribution is 0.338. The quantitative estimate of drug-likeness (QED) is 0.639. The van der Waals surface area contributed by atoms with E-state index in [0.29, 0.717) is 6.61 Å². The van der Waals surface area contributed by atoms with Crippen LogP contribution in [0.4, 0.5) is 0 Å². The molecule has 0 heterocycles. The zero-order chi connectivity index (χ0) is 14.4. The first-order valence-corrected chi connectivity index (χ1v) is 7.82. The smallest absolute Gasteiger partial charge is 0.124 e. The van der Waals surface area contributed by atoms with Gasteiger partial charge in [-0.15, -0.1) is 11.8 Å². The van der Waals surface area contributed by atoms with Gasteiger partial charge < -0.3 is 10.5 Å². The second-order valence-electron chi connectivity index (χ2n) is 4.84. The Morgan fingerprint density at radius 3 is 2.60 bits per heavy atom. The maximum Gasteiger partial charge on any atom is 0.124 e. The van der Waals surface area contributed by atoms with Gasteiger partial charge in [-0.3, -0.25) is 0 Å². The summed E-state index contributed by atoms with van der Waals surface area (Å²) in [6.45, 7) is 4.74. The predicted molar refractivity (Wildman–Crippen MR) is 86.4 cm³/mol. The molecule has 0 aliphatic heterocycles. The molecule has 0 saturated carbocycles. The SMILES string of the molecule is Cc1ccc(OCCSc2ccccc2)c(C(C)N)c1. The third kappa shape index (κ3) is 4.29. The van der Waals surface area contributed by atoms with Crippen LogP contribution in [0, 0.1) is 6.92 Å². The van der Waals surface area contributed by atoms with E-state index in [1.807, 2.05) is 19.1 Å². The summed E-state index contributed by atoms with van der Waals surface area (Å²) in [4.78, 5) is 1.27. The summed E-state index contributed by atoms with van der Waals surface area (Å²) in [6, 6.07) is 16.5. The van der Waals surface area contributed by atoms with Gasteiger partial charge in [-0.25, -0.2) is 0 Å². The molecule has 0 aromatic heterocycles. The first kappa shape index (κ1) is 14.9. The Balaban J connectivity index is 1.88. The van der Waals surface area contributed by atoms with Gasteiger partial charge in [0.2, 0.25) is 0 Å². The molecule has 2 aromatic rings. The van der Waals surface area contributed by atoms with Gasteiger partial charge >= 0.3 is 0 Å². The van der Waals surface area contributed by atoms with E-state index >= 15 is 0 Å². The maximum atomic E-state index is 5.99. The summed E-state index contributed by atoms with van der Waals surface area (Å²) >= 11 is 1.80. The van der Waals surface area contributed by atoms with Crippen LogP contribution < -0.4 is 10.5 Å². The molecule has 2 nitrogen and oxygen atoms in total. The average molecular weight is 287 g/mol. The van der Waals surface area contributed by atoms with Gasteiger partial charge in [0.05, 0.1) is 6.61 Å². The minimum absolute atomic E-state index is 0.00771. The fraction of sp³-hybridized carbons (Fsp3) is 0.294. The first-order valence-electron chi connectivity index (χ1n) is 6.83.